The Bertz CT molecular complexity index is 1210. The summed E-state index contributed by atoms with van der Waals surface area (Å²) in [6.07, 6.45) is 1.80. The van der Waals surface area contributed by atoms with Crippen molar-refractivity contribution in [3.05, 3.63) is 67.0 Å². The molecule has 1 unspecified atom stereocenters. The van der Waals surface area contributed by atoms with Crippen LogP contribution in [0.1, 0.15) is 24.4 Å². The number of aromatic nitrogens is 4. The molecule has 3 aliphatic heterocycles. The van der Waals surface area contributed by atoms with Gasteiger partial charge in [-0.2, -0.15) is 10.2 Å². The number of para-hydroxylation sites is 1. The number of fused-ring (bicyclic) bond motifs is 3. The van der Waals surface area contributed by atoms with Crippen LogP contribution in [0, 0.1) is 3.57 Å². The molecular weight excluding hydrogens is 503 g/mol. The minimum atomic E-state index is -0.172. The van der Waals surface area contributed by atoms with Gasteiger partial charge in [-0.25, -0.2) is 4.68 Å². The van der Waals surface area contributed by atoms with Crippen molar-refractivity contribution in [2.75, 3.05) is 13.2 Å². The molecule has 0 N–H and O–H groups in total. The van der Waals surface area contributed by atoms with E-state index in [2.05, 4.69) is 52.0 Å². The van der Waals surface area contributed by atoms with Gasteiger partial charge < -0.3 is 4.74 Å². The standard InChI is InChI=1S/C21H18ClIN4O2/c22-17-5-1-4-16-18-19(21(28)27(25-18)15-3-2-10-29-12-15)24-26(20(16)17)11-13-6-8-14(23)9-7-13/h1,4-9,15H,2-3,10-12H2. The highest BCUT2D eigenvalue weighted by Gasteiger charge is 2.27. The van der Waals surface area contributed by atoms with E-state index in [0.717, 1.165) is 35.9 Å². The molecule has 1 fully saturated rings. The van der Waals surface area contributed by atoms with Crippen LogP contribution in [0.3, 0.4) is 0 Å². The quantitative estimate of drug-likeness (QED) is 0.377. The average molecular weight is 521 g/mol. The second-order valence-corrected chi connectivity index (χ2v) is 8.89. The topological polar surface area (TPSA) is 61.9 Å². The van der Waals surface area contributed by atoms with E-state index in [4.69, 9.17) is 21.4 Å². The first kappa shape index (κ1) is 19.0. The first-order valence-electron chi connectivity index (χ1n) is 9.51. The van der Waals surface area contributed by atoms with Crippen LogP contribution in [0.15, 0.2) is 47.3 Å². The molecule has 3 aliphatic rings. The van der Waals surface area contributed by atoms with E-state index >= 15 is 0 Å². The maximum atomic E-state index is 13.1. The molecule has 0 bridgehead atoms. The number of hydrogen-bond acceptors (Lipinski definition) is 4. The largest absolute Gasteiger partial charge is 0.379 e. The van der Waals surface area contributed by atoms with E-state index in [1.807, 2.05) is 22.9 Å². The van der Waals surface area contributed by atoms with Crippen molar-refractivity contribution in [1.29, 1.82) is 0 Å². The van der Waals surface area contributed by atoms with Crippen molar-refractivity contribution in [3.63, 3.8) is 0 Å². The number of rotatable bonds is 3. The Morgan fingerprint density at radius 2 is 1.97 bits per heavy atom. The molecule has 2 aromatic carbocycles. The summed E-state index contributed by atoms with van der Waals surface area (Å²) in [7, 11) is 0. The number of halogens is 2. The van der Waals surface area contributed by atoms with Crippen molar-refractivity contribution < 1.29 is 4.74 Å². The lowest BCUT2D eigenvalue weighted by Gasteiger charge is -2.21. The van der Waals surface area contributed by atoms with Crippen molar-refractivity contribution in [2.45, 2.75) is 25.4 Å². The lowest BCUT2D eigenvalue weighted by atomic mass is 10.1. The summed E-state index contributed by atoms with van der Waals surface area (Å²) in [6.45, 7) is 1.76. The summed E-state index contributed by atoms with van der Waals surface area (Å²) < 4.78 is 10.1. The number of ether oxygens (including phenoxy) is 1. The third-order valence-corrected chi connectivity index (χ3v) is 6.32. The van der Waals surface area contributed by atoms with E-state index in [9.17, 15) is 4.79 Å². The lowest BCUT2D eigenvalue weighted by Crippen LogP contribution is -2.29. The highest BCUT2D eigenvalue weighted by atomic mass is 127. The summed E-state index contributed by atoms with van der Waals surface area (Å²) in [5.74, 6) is 0. The summed E-state index contributed by atoms with van der Waals surface area (Å²) >= 11 is 8.84. The van der Waals surface area contributed by atoms with Gasteiger partial charge in [0.1, 0.15) is 5.69 Å². The fourth-order valence-electron chi connectivity index (χ4n) is 3.86. The molecule has 29 heavy (non-hydrogen) atoms. The van der Waals surface area contributed by atoms with Gasteiger partial charge in [0, 0.05) is 15.6 Å². The first-order valence-corrected chi connectivity index (χ1v) is 11.0. The van der Waals surface area contributed by atoms with Crippen LogP contribution < -0.4 is 5.56 Å². The minimum Gasteiger partial charge on any atom is -0.379 e. The van der Waals surface area contributed by atoms with Gasteiger partial charge in [-0.05, 0) is 59.2 Å². The van der Waals surface area contributed by atoms with Gasteiger partial charge in [0.2, 0.25) is 0 Å². The van der Waals surface area contributed by atoms with Crippen LogP contribution in [-0.4, -0.2) is 32.8 Å². The molecule has 1 saturated heterocycles. The maximum absolute atomic E-state index is 13.1. The molecule has 0 spiro atoms. The Labute approximate surface area is 185 Å². The van der Waals surface area contributed by atoms with E-state index in [0.29, 0.717) is 29.6 Å². The third kappa shape index (κ3) is 3.45. The summed E-state index contributed by atoms with van der Waals surface area (Å²) in [6, 6.07) is 13.8. The zero-order valence-electron chi connectivity index (χ0n) is 15.5. The Hall–Kier alpha value is -1.97. The summed E-state index contributed by atoms with van der Waals surface area (Å²) in [5.41, 5.74) is 2.66. The highest BCUT2D eigenvalue weighted by Crippen LogP contribution is 2.31. The van der Waals surface area contributed by atoms with Crippen molar-refractivity contribution >= 4 is 45.1 Å². The Morgan fingerprint density at radius 1 is 1.14 bits per heavy atom. The normalized spacial score (nSPS) is 17.2. The summed E-state index contributed by atoms with van der Waals surface area (Å²) in [5, 5.41) is 10.8. The minimum absolute atomic E-state index is 0.0515. The van der Waals surface area contributed by atoms with Gasteiger partial charge in [0.05, 0.1) is 29.7 Å². The predicted octanol–water partition coefficient (Wildman–Crippen LogP) is 4.36. The molecule has 8 heteroatoms. The predicted molar refractivity (Wildman–Crippen MR) is 121 cm³/mol. The van der Waals surface area contributed by atoms with Gasteiger partial charge in [-0.3, -0.25) is 9.48 Å². The number of hydrogen-bond donors (Lipinski definition) is 0. The van der Waals surface area contributed by atoms with Gasteiger partial charge in [-0.1, -0.05) is 35.9 Å². The van der Waals surface area contributed by atoms with E-state index in [1.54, 1.807) is 4.68 Å². The average Bonchev–Trinajstić information content (AvgIpc) is 3.07. The molecule has 0 aliphatic carbocycles. The second-order valence-electron chi connectivity index (χ2n) is 7.24. The molecule has 6 nitrogen and oxygen atoms in total. The first-order chi connectivity index (χ1) is 14.1. The van der Waals surface area contributed by atoms with E-state index in [-0.39, 0.29) is 11.6 Å². The van der Waals surface area contributed by atoms with Crippen LogP contribution in [-0.2, 0) is 11.3 Å². The Balaban J connectivity index is 1.71. The molecule has 0 saturated carbocycles. The SMILES string of the molecule is O=c1c2nn(Cc3ccc(I)cc3)c3c(Cl)cccc3c-2nn1C1CCCOC1. The molecule has 2 aromatic rings. The molecule has 148 valence electrons. The molecule has 0 amide bonds. The molecule has 0 radical (unpaired) electrons. The van der Waals surface area contributed by atoms with E-state index in [1.165, 1.54) is 3.57 Å². The van der Waals surface area contributed by atoms with Crippen LogP contribution >= 0.6 is 34.2 Å². The van der Waals surface area contributed by atoms with Crippen molar-refractivity contribution in [2.24, 2.45) is 0 Å². The number of nitrogens with zero attached hydrogens (tertiary/aromatic N) is 4. The van der Waals surface area contributed by atoms with Gasteiger partial charge >= 0.3 is 0 Å². The fourth-order valence-corrected chi connectivity index (χ4v) is 4.49. The third-order valence-electron chi connectivity index (χ3n) is 5.29. The van der Waals surface area contributed by atoms with Crippen LogP contribution in [0.25, 0.3) is 22.3 Å². The van der Waals surface area contributed by atoms with Crippen molar-refractivity contribution in [3.8, 4) is 11.4 Å². The molecule has 3 heterocycles. The van der Waals surface area contributed by atoms with Crippen LogP contribution in [0.4, 0.5) is 0 Å². The maximum Gasteiger partial charge on any atom is 0.297 e. The van der Waals surface area contributed by atoms with Crippen LogP contribution in [0.2, 0.25) is 5.02 Å². The van der Waals surface area contributed by atoms with E-state index < -0.39 is 0 Å². The monoisotopic (exact) mass is 520 g/mol. The van der Waals surface area contributed by atoms with Gasteiger partial charge in [0.25, 0.3) is 5.56 Å². The Kier molecular flexibility index (Phi) is 5.05. The molecule has 0 aromatic heterocycles. The zero-order valence-corrected chi connectivity index (χ0v) is 18.4. The highest BCUT2D eigenvalue weighted by molar-refractivity contribution is 14.1. The lowest BCUT2D eigenvalue weighted by molar-refractivity contribution is 0.0540. The second kappa shape index (κ2) is 7.70. The van der Waals surface area contributed by atoms with Crippen molar-refractivity contribution in [1.82, 2.24) is 19.6 Å². The smallest absolute Gasteiger partial charge is 0.297 e. The Morgan fingerprint density at radius 3 is 2.72 bits per heavy atom. The zero-order chi connectivity index (χ0) is 20.0. The van der Waals surface area contributed by atoms with Crippen LogP contribution in [0.5, 0.6) is 0 Å². The molecular formula is C21H18ClIN4O2. The van der Waals surface area contributed by atoms with Gasteiger partial charge in [0.15, 0.2) is 5.69 Å². The van der Waals surface area contributed by atoms with Gasteiger partial charge in [-0.15, -0.1) is 0 Å². The molecule has 5 rings (SSSR count). The molecule has 1 atom stereocenters. The number of benzene rings is 2. The fraction of sp³-hybridized carbons (Fsp3) is 0.286. The summed E-state index contributed by atoms with van der Waals surface area (Å²) in [4.78, 5) is 13.1.